The van der Waals surface area contributed by atoms with E-state index in [4.69, 9.17) is 0 Å². The number of likely N-dealkylation sites (N-methyl/N-ethyl adjacent to an activating group) is 1. The molecule has 0 amide bonds. The van der Waals surface area contributed by atoms with E-state index >= 15 is 0 Å². The van der Waals surface area contributed by atoms with E-state index in [9.17, 15) is 0 Å². The van der Waals surface area contributed by atoms with Crippen LogP contribution in [0.3, 0.4) is 0 Å². The van der Waals surface area contributed by atoms with Gasteiger partial charge in [0.25, 0.3) is 0 Å². The van der Waals surface area contributed by atoms with Crippen LogP contribution in [0.5, 0.6) is 0 Å². The Bertz CT molecular complexity index is 165. The van der Waals surface area contributed by atoms with Crippen molar-refractivity contribution in [3.8, 4) is 0 Å². The van der Waals surface area contributed by atoms with E-state index in [2.05, 4.69) is 35.9 Å². The standard InChI is InChI=1S/C13H29N3/c1-4-6-14-11-13(3)12-16-9-7-15(5-2)8-10-16/h13-14H,4-12H2,1-3H3. The summed E-state index contributed by atoms with van der Waals surface area (Å²) in [6, 6.07) is 0. The number of piperazine rings is 1. The first kappa shape index (κ1) is 13.9. The lowest BCUT2D eigenvalue weighted by Gasteiger charge is -2.35. The number of nitrogens with one attached hydrogen (secondary N) is 1. The monoisotopic (exact) mass is 227 g/mol. The molecule has 1 aliphatic heterocycles. The van der Waals surface area contributed by atoms with Crippen LogP contribution >= 0.6 is 0 Å². The molecule has 0 bridgehead atoms. The van der Waals surface area contributed by atoms with Crippen LogP contribution in [-0.4, -0.2) is 62.2 Å². The molecule has 96 valence electrons. The van der Waals surface area contributed by atoms with Crippen molar-refractivity contribution in [1.82, 2.24) is 15.1 Å². The average molecular weight is 227 g/mol. The van der Waals surface area contributed by atoms with Crippen molar-refractivity contribution in [3.05, 3.63) is 0 Å². The van der Waals surface area contributed by atoms with Crippen LogP contribution < -0.4 is 5.32 Å². The molecular formula is C13H29N3. The fourth-order valence-corrected chi connectivity index (χ4v) is 2.32. The molecule has 0 aromatic rings. The molecule has 3 nitrogen and oxygen atoms in total. The number of hydrogen-bond donors (Lipinski definition) is 1. The van der Waals surface area contributed by atoms with Gasteiger partial charge in [-0.2, -0.15) is 0 Å². The van der Waals surface area contributed by atoms with Crippen molar-refractivity contribution in [1.29, 1.82) is 0 Å². The van der Waals surface area contributed by atoms with Gasteiger partial charge in [0.05, 0.1) is 0 Å². The van der Waals surface area contributed by atoms with Gasteiger partial charge in [-0.3, -0.25) is 0 Å². The fraction of sp³-hybridized carbons (Fsp3) is 1.00. The van der Waals surface area contributed by atoms with Gasteiger partial charge in [-0.15, -0.1) is 0 Å². The molecule has 1 heterocycles. The summed E-state index contributed by atoms with van der Waals surface area (Å²) in [5.74, 6) is 0.778. The van der Waals surface area contributed by atoms with Gasteiger partial charge in [0.15, 0.2) is 0 Å². The molecule has 1 N–H and O–H groups in total. The minimum atomic E-state index is 0.778. The second-order valence-electron chi connectivity index (χ2n) is 5.04. The van der Waals surface area contributed by atoms with Crippen LogP contribution in [0.2, 0.25) is 0 Å². The quantitative estimate of drug-likeness (QED) is 0.661. The van der Waals surface area contributed by atoms with Gasteiger partial charge in [-0.05, 0) is 32.0 Å². The summed E-state index contributed by atoms with van der Waals surface area (Å²) in [5.41, 5.74) is 0. The van der Waals surface area contributed by atoms with Crippen LogP contribution in [0.15, 0.2) is 0 Å². The van der Waals surface area contributed by atoms with Gasteiger partial charge < -0.3 is 15.1 Å². The summed E-state index contributed by atoms with van der Waals surface area (Å²) in [6.45, 7) is 16.7. The Balaban J connectivity index is 2.08. The van der Waals surface area contributed by atoms with Gasteiger partial charge in [-0.25, -0.2) is 0 Å². The SMILES string of the molecule is CCCNCC(C)CN1CCN(CC)CC1. The maximum atomic E-state index is 3.51. The van der Waals surface area contributed by atoms with Gasteiger partial charge in [0.1, 0.15) is 0 Å². The fourth-order valence-electron chi connectivity index (χ4n) is 2.32. The molecule has 0 saturated carbocycles. The van der Waals surface area contributed by atoms with Crippen molar-refractivity contribution in [2.75, 3.05) is 52.4 Å². The minimum absolute atomic E-state index is 0.778. The highest BCUT2D eigenvalue weighted by Gasteiger charge is 2.16. The zero-order chi connectivity index (χ0) is 11.8. The second-order valence-corrected chi connectivity index (χ2v) is 5.04. The maximum absolute atomic E-state index is 3.51. The highest BCUT2D eigenvalue weighted by atomic mass is 15.3. The highest BCUT2D eigenvalue weighted by Crippen LogP contribution is 2.04. The first-order valence-corrected chi connectivity index (χ1v) is 6.91. The van der Waals surface area contributed by atoms with E-state index in [1.54, 1.807) is 0 Å². The Morgan fingerprint density at radius 2 is 1.69 bits per heavy atom. The van der Waals surface area contributed by atoms with Crippen molar-refractivity contribution in [2.24, 2.45) is 5.92 Å². The molecule has 0 aromatic heterocycles. The third kappa shape index (κ3) is 5.28. The summed E-state index contributed by atoms with van der Waals surface area (Å²) in [5, 5.41) is 3.51. The van der Waals surface area contributed by atoms with Gasteiger partial charge in [-0.1, -0.05) is 20.8 Å². The molecule has 1 aliphatic rings. The van der Waals surface area contributed by atoms with Crippen LogP contribution in [-0.2, 0) is 0 Å². The van der Waals surface area contributed by atoms with Gasteiger partial charge >= 0.3 is 0 Å². The summed E-state index contributed by atoms with van der Waals surface area (Å²) in [4.78, 5) is 5.15. The normalized spacial score (nSPS) is 21.2. The highest BCUT2D eigenvalue weighted by molar-refractivity contribution is 4.73. The lowest BCUT2D eigenvalue weighted by atomic mass is 10.1. The Kier molecular flexibility index (Phi) is 7.01. The number of hydrogen-bond acceptors (Lipinski definition) is 3. The molecule has 0 aromatic carbocycles. The minimum Gasteiger partial charge on any atom is -0.316 e. The van der Waals surface area contributed by atoms with E-state index in [-0.39, 0.29) is 0 Å². The van der Waals surface area contributed by atoms with E-state index in [0.29, 0.717) is 0 Å². The Labute approximate surface area is 101 Å². The second kappa shape index (κ2) is 8.04. The zero-order valence-electron chi connectivity index (χ0n) is 11.3. The van der Waals surface area contributed by atoms with Crippen molar-refractivity contribution in [3.63, 3.8) is 0 Å². The predicted molar refractivity (Wildman–Crippen MR) is 70.9 cm³/mol. The Hall–Kier alpha value is -0.120. The van der Waals surface area contributed by atoms with E-state index in [1.165, 1.54) is 52.2 Å². The van der Waals surface area contributed by atoms with Crippen LogP contribution in [0.25, 0.3) is 0 Å². The molecular weight excluding hydrogens is 198 g/mol. The lowest BCUT2D eigenvalue weighted by Crippen LogP contribution is -2.48. The van der Waals surface area contributed by atoms with E-state index in [1.807, 2.05) is 0 Å². The average Bonchev–Trinajstić information content (AvgIpc) is 2.30. The van der Waals surface area contributed by atoms with Crippen molar-refractivity contribution >= 4 is 0 Å². The summed E-state index contributed by atoms with van der Waals surface area (Å²) < 4.78 is 0. The Morgan fingerprint density at radius 3 is 2.25 bits per heavy atom. The largest absolute Gasteiger partial charge is 0.316 e. The maximum Gasteiger partial charge on any atom is 0.0110 e. The van der Waals surface area contributed by atoms with E-state index in [0.717, 1.165) is 12.5 Å². The molecule has 0 radical (unpaired) electrons. The van der Waals surface area contributed by atoms with E-state index < -0.39 is 0 Å². The molecule has 3 heteroatoms. The smallest absolute Gasteiger partial charge is 0.0110 e. The predicted octanol–water partition coefficient (Wildman–Crippen LogP) is 1.26. The number of rotatable bonds is 7. The van der Waals surface area contributed by atoms with Gasteiger partial charge in [0.2, 0.25) is 0 Å². The van der Waals surface area contributed by atoms with Crippen molar-refractivity contribution < 1.29 is 0 Å². The van der Waals surface area contributed by atoms with Gasteiger partial charge in [0, 0.05) is 32.7 Å². The molecule has 0 spiro atoms. The first-order valence-electron chi connectivity index (χ1n) is 6.91. The van der Waals surface area contributed by atoms with Crippen LogP contribution in [0.4, 0.5) is 0 Å². The molecule has 1 saturated heterocycles. The molecule has 16 heavy (non-hydrogen) atoms. The Morgan fingerprint density at radius 1 is 1.06 bits per heavy atom. The molecule has 0 aliphatic carbocycles. The zero-order valence-corrected chi connectivity index (χ0v) is 11.3. The van der Waals surface area contributed by atoms with Crippen LogP contribution in [0, 0.1) is 5.92 Å². The lowest BCUT2D eigenvalue weighted by molar-refractivity contribution is 0.124. The molecule has 1 fully saturated rings. The number of nitrogens with zero attached hydrogens (tertiary/aromatic N) is 2. The molecule has 1 atom stereocenters. The summed E-state index contributed by atoms with van der Waals surface area (Å²) in [7, 11) is 0. The topological polar surface area (TPSA) is 18.5 Å². The van der Waals surface area contributed by atoms with Crippen LogP contribution in [0.1, 0.15) is 27.2 Å². The molecule has 1 unspecified atom stereocenters. The first-order chi connectivity index (χ1) is 7.76. The third-order valence-electron chi connectivity index (χ3n) is 3.40. The summed E-state index contributed by atoms with van der Waals surface area (Å²) >= 11 is 0. The van der Waals surface area contributed by atoms with Crippen molar-refractivity contribution in [2.45, 2.75) is 27.2 Å². The third-order valence-corrected chi connectivity index (χ3v) is 3.40. The molecule has 1 rings (SSSR count). The summed E-state index contributed by atoms with van der Waals surface area (Å²) in [6.07, 6.45) is 1.24.